The minimum Gasteiger partial charge on any atom is -0.381 e. The first-order chi connectivity index (χ1) is 5.99. The first-order valence-electron chi connectivity index (χ1n) is 4.39. The van der Waals surface area contributed by atoms with Crippen molar-refractivity contribution in [3.63, 3.8) is 0 Å². The number of ether oxygens (including phenoxy) is 1. The van der Waals surface area contributed by atoms with E-state index in [-0.39, 0.29) is 6.04 Å². The molecule has 0 aliphatic carbocycles. The molecule has 0 aromatic carbocycles. The number of nitrogens with two attached hydrogens (primary N) is 1. The van der Waals surface area contributed by atoms with E-state index in [1.807, 2.05) is 0 Å². The van der Waals surface area contributed by atoms with Crippen molar-refractivity contribution in [1.82, 2.24) is 0 Å². The molecular weight excluding hydrogens is 183 g/mol. The Bertz CT molecular complexity index is 160. The normalized spacial score (nSPS) is 31.4. The van der Waals surface area contributed by atoms with Crippen LogP contribution in [0.5, 0.6) is 0 Å². The Morgan fingerprint density at radius 1 is 1.23 bits per heavy atom. The molecule has 0 aromatic rings. The highest BCUT2D eigenvalue weighted by molar-refractivity contribution is 4.77. The lowest BCUT2D eigenvalue weighted by atomic mass is 9.92. The second-order valence-corrected chi connectivity index (χ2v) is 3.43. The van der Waals surface area contributed by atoms with Crippen molar-refractivity contribution in [2.75, 3.05) is 13.2 Å². The van der Waals surface area contributed by atoms with Gasteiger partial charge in [0, 0.05) is 25.7 Å². The van der Waals surface area contributed by atoms with Gasteiger partial charge in [0.15, 0.2) is 0 Å². The summed E-state index contributed by atoms with van der Waals surface area (Å²) in [6, 6.07) is -0.371. The Balaban J connectivity index is 2.45. The molecule has 78 valence electrons. The highest BCUT2D eigenvalue weighted by Crippen LogP contribution is 2.29. The predicted octanol–water partition coefficient (Wildman–Crippen LogP) is 1.69. The lowest BCUT2D eigenvalue weighted by Gasteiger charge is -2.21. The summed E-state index contributed by atoms with van der Waals surface area (Å²) in [7, 11) is 0. The zero-order chi connectivity index (χ0) is 9.90. The smallest absolute Gasteiger partial charge is 0.381 e. The van der Waals surface area contributed by atoms with E-state index in [2.05, 4.69) is 0 Å². The number of rotatable bonds is 1. The third kappa shape index (κ3) is 3.95. The van der Waals surface area contributed by atoms with Gasteiger partial charge in [0.1, 0.15) is 0 Å². The van der Waals surface area contributed by atoms with E-state index >= 15 is 0 Å². The molecule has 13 heavy (non-hydrogen) atoms. The summed E-state index contributed by atoms with van der Waals surface area (Å²) in [5.74, 6) is -0.470. The van der Waals surface area contributed by atoms with E-state index in [1.54, 1.807) is 0 Å². The van der Waals surface area contributed by atoms with Crippen molar-refractivity contribution in [2.45, 2.75) is 31.5 Å². The SMILES string of the molecule is NC1CCOCCC1CC(F)(F)F. The molecule has 1 rings (SSSR count). The van der Waals surface area contributed by atoms with Crippen LogP contribution in [0, 0.1) is 5.92 Å². The van der Waals surface area contributed by atoms with Gasteiger partial charge < -0.3 is 10.5 Å². The molecule has 0 bridgehead atoms. The van der Waals surface area contributed by atoms with Crippen molar-refractivity contribution in [2.24, 2.45) is 11.7 Å². The molecule has 1 saturated heterocycles. The maximum atomic E-state index is 12.0. The molecule has 1 fully saturated rings. The van der Waals surface area contributed by atoms with E-state index in [9.17, 15) is 13.2 Å². The minimum atomic E-state index is -4.10. The summed E-state index contributed by atoms with van der Waals surface area (Å²) < 4.78 is 41.2. The largest absolute Gasteiger partial charge is 0.389 e. The highest BCUT2D eigenvalue weighted by Gasteiger charge is 2.34. The average Bonchev–Trinajstić information content (AvgIpc) is 2.14. The Labute approximate surface area is 75.2 Å². The van der Waals surface area contributed by atoms with Crippen LogP contribution in [-0.2, 0) is 4.74 Å². The average molecular weight is 197 g/mol. The van der Waals surface area contributed by atoms with Crippen LogP contribution in [-0.4, -0.2) is 25.4 Å². The summed E-state index contributed by atoms with van der Waals surface area (Å²) in [5.41, 5.74) is 5.61. The minimum absolute atomic E-state index is 0.371. The van der Waals surface area contributed by atoms with Crippen molar-refractivity contribution < 1.29 is 17.9 Å². The molecule has 2 N–H and O–H groups in total. The van der Waals surface area contributed by atoms with Crippen LogP contribution in [0.4, 0.5) is 13.2 Å². The topological polar surface area (TPSA) is 35.2 Å². The van der Waals surface area contributed by atoms with Crippen molar-refractivity contribution >= 4 is 0 Å². The van der Waals surface area contributed by atoms with Crippen LogP contribution in [0.1, 0.15) is 19.3 Å². The predicted molar refractivity (Wildman–Crippen MR) is 42.2 cm³/mol. The van der Waals surface area contributed by atoms with Gasteiger partial charge in [-0.25, -0.2) is 0 Å². The quantitative estimate of drug-likeness (QED) is 0.694. The fourth-order valence-corrected chi connectivity index (χ4v) is 1.56. The second-order valence-electron chi connectivity index (χ2n) is 3.43. The Hall–Kier alpha value is -0.290. The summed E-state index contributed by atoms with van der Waals surface area (Å²) in [6.45, 7) is 0.879. The molecule has 0 saturated carbocycles. The Kier molecular flexibility index (Phi) is 3.55. The summed E-state index contributed by atoms with van der Waals surface area (Å²) >= 11 is 0. The maximum absolute atomic E-state index is 12.0. The number of hydrogen-bond donors (Lipinski definition) is 1. The summed E-state index contributed by atoms with van der Waals surface area (Å²) in [4.78, 5) is 0. The molecule has 2 unspecified atom stereocenters. The van der Waals surface area contributed by atoms with Gasteiger partial charge in [-0.1, -0.05) is 0 Å². The first-order valence-corrected chi connectivity index (χ1v) is 4.39. The van der Waals surface area contributed by atoms with Crippen molar-refractivity contribution in [3.05, 3.63) is 0 Å². The molecule has 1 aliphatic rings. The molecule has 0 aromatic heterocycles. The van der Waals surface area contributed by atoms with Crippen LogP contribution < -0.4 is 5.73 Å². The zero-order valence-electron chi connectivity index (χ0n) is 7.31. The molecule has 2 nitrogen and oxygen atoms in total. The van der Waals surface area contributed by atoms with E-state index in [0.29, 0.717) is 26.1 Å². The molecule has 0 spiro atoms. The lowest BCUT2D eigenvalue weighted by molar-refractivity contribution is -0.146. The summed E-state index contributed by atoms with van der Waals surface area (Å²) in [5, 5.41) is 0. The Morgan fingerprint density at radius 3 is 2.46 bits per heavy atom. The van der Waals surface area contributed by atoms with Gasteiger partial charge in [0.2, 0.25) is 0 Å². The van der Waals surface area contributed by atoms with Gasteiger partial charge in [-0.2, -0.15) is 13.2 Å². The fourth-order valence-electron chi connectivity index (χ4n) is 1.56. The summed E-state index contributed by atoms with van der Waals surface area (Å²) in [6.07, 6.45) is -3.94. The molecule has 5 heteroatoms. The number of hydrogen-bond acceptors (Lipinski definition) is 2. The van der Waals surface area contributed by atoms with Crippen LogP contribution in [0.25, 0.3) is 0 Å². The maximum Gasteiger partial charge on any atom is 0.389 e. The van der Waals surface area contributed by atoms with Gasteiger partial charge >= 0.3 is 6.18 Å². The van der Waals surface area contributed by atoms with Gasteiger partial charge in [0.05, 0.1) is 0 Å². The highest BCUT2D eigenvalue weighted by atomic mass is 19.4. The number of halogens is 3. The second kappa shape index (κ2) is 4.28. The van der Waals surface area contributed by atoms with Gasteiger partial charge in [0.25, 0.3) is 0 Å². The molecule has 2 atom stereocenters. The molecule has 0 radical (unpaired) electrons. The van der Waals surface area contributed by atoms with Crippen LogP contribution >= 0.6 is 0 Å². The third-order valence-electron chi connectivity index (χ3n) is 2.33. The lowest BCUT2D eigenvalue weighted by Crippen LogP contribution is -2.33. The van der Waals surface area contributed by atoms with Gasteiger partial charge in [-0.3, -0.25) is 0 Å². The van der Waals surface area contributed by atoms with Crippen molar-refractivity contribution in [3.8, 4) is 0 Å². The molecule has 0 amide bonds. The van der Waals surface area contributed by atoms with E-state index < -0.39 is 18.5 Å². The standard InChI is InChI=1S/C8H14F3NO/c9-8(10,11)5-6-1-3-13-4-2-7(6)12/h6-7H,1-5,12H2. The number of alkyl halides is 3. The van der Waals surface area contributed by atoms with Crippen LogP contribution in [0.15, 0.2) is 0 Å². The monoisotopic (exact) mass is 197 g/mol. The van der Waals surface area contributed by atoms with E-state index in [0.717, 1.165) is 0 Å². The van der Waals surface area contributed by atoms with E-state index in [4.69, 9.17) is 10.5 Å². The van der Waals surface area contributed by atoms with E-state index in [1.165, 1.54) is 0 Å². The van der Waals surface area contributed by atoms with Gasteiger partial charge in [-0.05, 0) is 18.8 Å². The first kappa shape index (κ1) is 10.8. The molecule has 1 heterocycles. The van der Waals surface area contributed by atoms with Crippen LogP contribution in [0.2, 0.25) is 0 Å². The molecular formula is C8H14F3NO. The van der Waals surface area contributed by atoms with Crippen LogP contribution in [0.3, 0.4) is 0 Å². The molecule has 1 aliphatic heterocycles. The zero-order valence-corrected chi connectivity index (χ0v) is 7.31. The van der Waals surface area contributed by atoms with Gasteiger partial charge in [-0.15, -0.1) is 0 Å². The third-order valence-corrected chi connectivity index (χ3v) is 2.33. The fraction of sp³-hybridized carbons (Fsp3) is 1.00. The van der Waals surface area contributed by atoms with Crippen molar-refractivity contribution in [1.29, 1.82) is 0 Å². The Morgan fingerprint density at radius 2 is 1.85 bits per heavy atom.